The van der Waals surface area contributed by atoms with Crippen molar-refractivity contribution in [3.05, 3.63) is 29.8 Å². The van der Waals surface area contributed by atoms with Crippen molar-refractivity contribution in [1.82, 2.24) is 9.80 Å². The topological polar surface area (TPSA) is 64.1 Å². The van der Waals surface area contributed by atoms with Gasteiger partial charge in [0, 0.05) is 38.4 Å². The second kappa shape index (κ2) is 7.04. The Labute approximate surface area is 149 Å². The number of aryl methyl sites for hydroxylation is 1. The van der Waals surface area contributed by atoms with E-state index in [1.807, 2.05) is 9.80 Å². The molecule has 3 rings (SSSR count). The van der Waals surface area contributed by atoms with E-state index in [0.717, 1.165) is 26.2 Å². The van der Waals surface area contributed by atoms with Gasteiger partial charge < -0.3 is 14.9 Å². The highest BCUT2D eigenvalue weighted by atomic mass is 16.4. The van der Waals surface area contributed by atoms with E-state index in [0.29, 0.717) is 26.1 Å². The number of hydrogen-bond acceptors (Lipinski definition) is 4. The Morgan fingerprint density at radius 1 is 1.16 bits per heavy atom. The molecular weight excluding hydrogens is 318 g/mol. The zero-order valence-corrected chi connectivity index (χ0v) is 15.1. The summed E-state index contributed by atoms with van der Waals surface area (Å²) in [4.78, 5) is 30.1. The molecule has 25 heavy (non-hydrogen) atoms. The maximum Gasteiger partial charge on any atom is 0.310 e. The zero-order valence-electron chi connectivity index (χ0n) is 15.1. The number of piperazine rings is 1. The lowest BCUT2D eigenvalue weighted by atomic mass is 9.90. The first-order valence-electron chi connectivity index (χ1n) is 8.92. The molecule has 0 aliphatic carbocycles. The molecule has 2 aliphatic heterocycles. The van der Waals surface area contributed by atoms with Gasteiger partial charge in [-0.05, 0) is 44.5 Å². The molecule has 0 spiro atoms. The van der Waals surface area contributed by atoms with Crippen LogP contribution in [0.4, 0.5) is 5.69 Å². The Bertz CT molecular complexity index is 655. The summed E-state index contributed by atoms with van der Waals surface area (Å²) in [6, 6.07) is 8.44. The average molecular weight is 345 g/mol. The van der Waals surface area contributed by atoms with Crippen molar-refractivity contribution >= 4 is 17.6 Å². The van der Waals surface area contributed by atoms with E-state index in [1.165, 1.54) is 11.3 Å². The fourth-order valence-corrected chi connectivity index (χ4v) is 3.70. The van der Waals surface area contributed by atoms with Crippen molar-refractivity contribution in [3.8, 4) is 0 Å². The van der Waals surface area contributed by atoms with E-state index in [2.05, 4.69) is 36.1 Å². The van der Waals surface area contributed by atoms with Crippen LogP contribution in [0.2, 0.25) is 0 Å². The fraction of sp³-hybridized carbons (Fsp3) is 0.579. The molecule has 2 fully saturated rings. The Hall–Kier alpha value is -2.08. The minimum absolute atomic E-state index is 0.110. The lowest BCUT2D eigenvalue weighted by Gasteiger charge is -2.37. The van der Waals surface area contributed by atoms with E-state index in [4.69, 9.17) is 0 Å². The number of carboxylic acids is 1. The molecule has 136 valence electrons. The van der Waals surface area contributed by atoms with Crippen LogP contribution < -0.4 is 4.90 Å². The molecule has 0 aromatic heterocycles. The Balaban J connectivity index is 1.50. The molecule has 2 saturated heterocycles. The van der Waals surface area contributed by atoms with Crippen LogP contribution in [0, 0.1) is 12.3 Å². The molecule has 1 amide bonds. The summed E-state index contributed by atoms with van der Waals surface area (Å²) in [6.07, 6.45) is 0.608. The normalized spacial score (nSPS) is 24.6. The standard InChI is InChI=1S/C19H27N3O3/c1-15-4-3-5-16(12-15)21-8-10-22(11-9-21)17(23)13-20-7-6-19(2,14-20)18(24)25/h3-5,12H,6-11,13-14H2,1-2H3,(H,24,25). The number of amides is 1. The van der Waals surface area contributed by atoms with Gasteiger partial charge in [-0.1, -0.05) is 12.1 Å². The highest BCUT2D eigenvalue weighted by Gasteiger charge is 2.41. The first-order chi connectivity index (χ1) is 11.9. The second-order valence-corrected chi connectivity index (χ2v) is 7.53. The van der Waals surface area contributed by atoms with Crippen molar-refractivity contribution in [1.29, 1.82) is 0 Å². The highest BCUT2D eigenvalue weighted by molar-refractivity contribution is 5.79. The molecule has 0 bridgehead atoms. The summed E-state index contributed by atoms with van der Waals surface area (Å²) < 4.78 is 0. The van der Waals surface area contributed by atoms with Crippen LogP contribution in [0.25, 0.3) is 0 Å². The predicted octanol–water partition coefficient (Wildman–Crippen LogP) is 1.44. The summed E-state index contributed by atoms with van der Waals surface area (Å²) in [5, 5.41) is 9.30. The van der Waals surface area contributed by atoms with Gasteiger partial charge in [0.15, 0.2) is 0 Å². The number of likely N-dealkylation sites (tertiary alicyclic amines) is 1. The van der Waals surface area contributed by atoms with Crippen LogP contribution in [0.3, 0.4) is 0 Å². The van der Waals surface area contributed by atoms with Gasteiger partial charge in [-0.3, -0.25) is 14.5 Å². The van der Waals surface area contributed by atoms with E-state index < -0.39 is 11.4 Å². The van der Waals surface area contributed by atoms with E-state index in [1.54, 1.807) is 6.92 Å². The van der Waals surface area contributed by atoms with Crippen molar-refractivity contribution in [2.45, 2.75) is 20.3 Å². The molecule has 0 radical (unpaired) electrons. The van der Waals surface area contributed by atoms with Gasteiger partial charge in [0.1, 0.15) is 0 Å². The molecule has 1 aromatic rings. The molecule has 6 nitrogen and oxygen atoms in total. The first-order valence-corrected chi connectivity index (χ1v) is 8.92. The van der Waals surface area contributed by atoms with Gasteiger partial charge in [0.25, 0.3) is 0 Å². The Morgan fingerprint density at radius 3 is 2.48 bits per heavy atom. The van der Waals surface area contributed by atoms with E-state index >= 15 is 0 Å². The second-order valence-electron chi connectivity index (χ2n) is 7.53. The fourth-order valence-electron chi connectivity index (χ4n) is 3.70. The van der Waals surface area contributed by atoms with Crippen LogP contribution in [0.15, 0.2) is 24.3 Å². The summed E-state index contributed by atoms with van der Waals surface area (Å²) >= 11 is 0. The van der Waals surface area contributed by atoms with Crippen molar-refractivity contribution in [2.24, 2.45) is 5.41 Å². The summed E-state index contributed by atoms with van der Waals surface area (Å²) in [7, 11) is 0. The predicted molar refractivity (Wildman–Crippen MR) is 96.8 cm³/mol. The smallest absolute Gasteiger partial charge is 0.310 e. The van der Waals surface area contributed by atoms with Crippen LogP contribution in [-0.4, -0.2) is 72.6 Å². The SMILES string of the molecule is Cc1cccc(N2CCN(C(=O)CN3CCC(C)(C(=O)O)C3)CC2)c1. The molecule has 2 aliphatic rings. The monoisotopic (exact) mass is 345 g/mol. The first kappa shape index (κ1) is 17.7. The van der Waals surface area contributed by atoms with Gasteiger partial charge in [0.2, 0.25) is 5.91 Å². The van der Waals surface area contributed by atoms with Gasteiger partial charge in [-0.25, -0.2) is 0 Å². The third-order valence-corrected chi connectivity index (χ3v) is 5.43. The number of aliphatic carboxylic acids is 1. The number of carbonyl (C=O) groups excluding carboxylic acids is 1. The molecule has 2 heterocycles. The van der Waals surface area contributed by atoms with Gasteiger partial charge in [-0.15, -0.1) is 0 Å². The lowest BCUT2D eigenvalue weighted by molar-refractivity contribution is -0.147. The summed E-state index contributed by atoms with van der Waals surface area (Å²) in [6.45, 7) is 8.42. The van der Waals surface area contributed by atoms with Crippen LogP contribution >= 0.6 is 0 Å². The lowest BCUT2D eigenvalue weighted by Crippen LogP contribution is -2.51. The molecule has 1 aromatic carbocycles. The van der Waals surface area contributed by atoms with E-state index in [9.17, 15) is 14.7 Å². The van der Waals surface area contributed by atoms with Gasteiger partial charge >= 0.3 is 5.97 Å². The maximum absolute atomic E-state index is 12.6. The Morgan fingerprint density at radius 2 is 1.88 bits per heavy atom. The molecular formula is C19H27N3O3. The zero-order chi connectivity index (χ0) is 18.0. The number of carboxylic acid groups (broad SMARTS) is 1. The quantitative estimate of drug-likeness (QED) is 0.895. The van der Waals surface area contributed by atoms with Crippen molar-refractivity contribution < 1.29 is 14.7 Å². The molecule has 1 unspecified atom stereocenters. The van der Waals surface area contributed by atoms with Crippen LogP contribution in [0.1, 0.15) is 18.9 Å². The third-order valence-electron chi connectivity index (χ3n) is 5.43. The van der Waals surface area contributed by atoms with Crippen molar-refractivity contribution in [2.75, 3.05) is 50.7 Å². The van der Waals surface area contributed by atoms with Crippen LogP contribution in [-0.2, 0) is 9.59 Å². The maximum atomic E-state index is 12.6. The number of benzene rings is 1. The number of nitrogens with zero attached hydrogens (tertiary/aromatic N) is 3. The molecule has 1 atom stereocenters. The average Bonchev–Trinajstić information content (AvgIpc) is 2.97. The largest absolute Gasteiger partial charge is 0.481 e. The van der Waals surface area contributed by atoms with Crippen molar-refractivity contribution in [3.63, 3.8) is 0 Å². The number of anilines is 1. The van der Waals surface area contributed by atoms with E-state index in [-0.39, 0.29) is 5.91 Å². The summed E-state index contributed by atoms with van der Waals surface area (Å²) in [5.41, 5.74) is 1.74. The molecule has 6 heteroatoms. The number of carbonyl (C=O) groups is 2. The number of hydrogen-bond donors (Lipinski definition) is 1. The Kier molecular flexibility index (Phi) is 4.99. The molecule has 1 N–H and O–H groups in total. The minimum Gasteiger partial charge on any atom is -0.481 e. The van der Waals surface area contributed by atoms with Gasteiger partial charge in [-0.2, -0.15) is 0 Å². The highest BCUT2D eigenvalue weighted by Crippen LogP contribution is 2.30. The summed E-state index contributed by atoms with van der Waals surface area (Å²) in [5.74, 6) is -0.659. The number of rotatable bonds is 4. The molecule has 0 saturated carbocycles. The minimum atomic E-state index is -0.769. The third kappa shape index (κ3) is 3.95. The van der Waals surface area contributed by atoms with Gasteiger partial charge in [0.05, 0.1) is 12.0 Å². The van der Waals surface area contributed by atoms with Crippen LogP contribution in [0.5, 0.6) is 0 Å².